The van der Waals surface area contributed by atoms with E-state index in [1.807, 2.05) is 18.2 Å². The Morgan fingerprint density at radius 1 is 1.44 bits per heavy atom. The van der Waals surface area contributed by atoms with Gasteiger partial charge in [-0.05, 0) is 31.5 Å². The lowest BCUT2D eigenvalue weighted by Crippen LogP contribution is -2.08. The molecule has 1 aromatic carbocycles. The number of rotatable bonds is 3. The summed E-state index contributed by atoms with van der Waals surface area (Å²) in [6.45, 7) is 2.06. The largest absolute Gasteiger partial charge is 0.459 e. The van der Waals surface area contributed by atoms with Crippen LogP contribution in [-0.2, 0) is 0 Å². The molecule has 0 aliphatic carbocycles. The Kier molecular flexibility index (Phi) is 2.98. The number of aryl methyl sites for hydroxylation is 1. The van der Waals surface area contributed by atoms with E-state index in [0.29, 0.717) is 6.42 Å². The number of hydrogen-bond acceptors (Lipinski definition) is 2. The summed E-state index contributed by atoms with van der Waals surface area (Å²) < 4.78 is 5.69. The first-order valence-corrected chi connectivity index (χ1v) is 5.40. The van der Waals surface area contributed by atoms with E-state index >= 15 is 0 Å². The van der Waals surface area contributed by atoms with Crippen LogP contribution in [0, 0.1) is 19.3 Å². The lowest BCUT2D eigenvalue weighted by Gasteiger charge is -2.04. The molecular weight excluding hydrogens is 198 g/mol. The highest BCUT2D eigenvalue weighted by Gasteiger charge is 2.11. The van der Waals surface area contributed by atoms with Gasteiger partial charge in [-0.1, -0.05) is 11.6 Å². The summed E-state index contributed by atoms with van der Waals surface area (Å²) in [4.78, 5) is 0. The molecule has 0 radical (unpaired) electrons. The second-order valence-corrected chi connectivity index (χ2v) is 4.04. The first-order valence-electron chi connectivity index (χ1n) is 5.40. The van der Waals surface area contributed by atoms with E-state index in [1.165, 1.54) is 5.56 Å². The minimum absolute atomic E-state index is 0.108. The van der Waals surface area contributed by atoms with Crippen molar-refractivity contribution < 1.29 is 4.42 Å². The maximum Gasteiger partial charge on any atom is 0.134 e. The number of fused-ring (bicyclic) bond motifs is 1. The zero-order valence-corrected chi connectivity index (χ0v) is 9.36. The van der Waals surface area contributed by atoms with E-state index in [1.54, 1.807) is 0 Å². The average molecular weight is 213 g/mol. The smallest absolute Gasteiger partial charge is 0.134 e. The van der Waals surface area contributed by atoms with Crippen molar-refractivity contribution in [2.45, 2.75) is 25.8 Å². The van der Waals surface area contributed by atoms with Crippen molar-refractivity contribution in [2.75, 3.05) is 0 Å². The summed E-state index contributed by atoms with van der Waals surface area (Å²) in [6.07, 6.45) is 6.65. The minimum Gasteiger partial charge on any atom is -0.459 e. The Balaban J connectivity index is 2.29. The summed E-state index contributed by atoms with van der Waals surface area (Å²) in [6, 6.07) is 7.99. The fourth-order valence-electron chi connectivity index (χ4n) is 1.75. The van der Waals surface area contributed by atoms with Crippen molar-refractivity contribution in [3.8, 4) is 12.3 Å². The van der Waals surface area contributed by atoms with Gasteiger partial charge < -0.3 is 10.2 Å². The Morgan fingerprint density at radius 3 is 3.00 bits per heavy atom. The van der Waals surface area contributed by atoms with Crippen LogP contribution in [0.5, 0.6) is 0 Å². The van der Waals surface area contributed by atoms with Gasteiger partial charge in [0.1, 0.15) is 11.3 Å². The average Bonchev–Trinajstić information content (AvgIpc) is 2.68. The fraction of sp³-hybridized carbons (Fsp3) is 0.286. The van der Waals surface area contributed by atoms with Crippen LogP contribution < -0.4 is 5.73 Å². The zero-order chi connectivity index (χ0) is 11.5. The van der Waals surface area contributed by atoms with Crippen LogP contribution in [0.15, 0.2) is 28.7 Å². The number of benzene rings is 1. The maximum atomic E-state index is 5.99. The van der Waals surface area contributed by atoms with Crippen molar-refractivity contribution in [3.05, 3.63) is 35.6 Å². The highest BCUT2D eigenvalue weighted by atomic mass is 16.3. The molecule has 0 spiro atoms. The molecule has 0 saturated carbocycles. The van der Waals surface area contributed by atoms with Crippen molar-refractivity contribution in [2.24, 2.45) is 5.73 Å². The molecule has 2 aromatic rings. The number of hydrogen-bond donors (Lipinski definition) is 1. The van der Waals surface area contributed by atoms with Gasteiger partial charge in [-0.2, -0.15) is 0 Å². The van der Waals surface area contributed by atoms with Crippen LogP contribution >= 0.6 is 0 Å². The Labute approximate surface area is 95.4 Å². The van der Waals surface area contributed by atoms with Gasteiger partial charge in [-0.25, -0.2) is 0 Å². The molecule has 0 aliphatic rings. The zero-order valence-electron chi connectivity index (χ0n) is 9.36. The molecule has 0 saturated heterocycles. The van der Waals surface area contributed by atoms with Crippen LogP contribution in [0.1, 0.15) is 30.2 Å². The predicted molar refractivity (Wildman–Crippen MR) is 65.9 cm³/mol. The highest BCUT2D eigenvalue weighted by molar-refractivity contribution is 5.78. The summed E-state index contributed by atoms with van der Waals surface area (Å²) in [5, 5.41) is 1.10. The third-order valence-corrected chi connectivity index (χ3v) is 2.66. The standard InChI is InChI=1S/C14H15NO/c1-3-4-5-12(15)14-9-11-8-10(2)6-7-13(11)16-14/h1,6-9,12H,4-5,15H2,2H3. The summed E-state index contributed by atoms with van der Waals surface area (Å²) >= 11 is 0. The summed E-state index contributed by atoms with van der Waals surface area (Å²) in [5.74, 6) is 3.41. The molecule has 2 N–H and O–H groups in total. The number of nitrogens with two attached hydrogens (primary N) is 1. The van der Waals surface area contributed by atoms with E-state index in [2.05, 4.69) is 18.9 Å². The molecule has 1 aromatic heterocycles. The summed E-state index contributed by atoms with van der Waals surface area (Å²) in [5.41, 5.74) is 8.10. The first-order chi connectivity index (χ1) is 7.70. The Hall–Kier alpha value is -1.72. The van der Waals surface area contributed by atoms with Gasteiger partial charge in [0.2, 0.25) is 0 Å². The third-order valence-electron chi connectivity index (χ3n) is 2.66. The molecule has 0 amide bonds. The van der Waals surface area contributed by atoms with Gasteiger partial charge in [0.05, 0.1) is 6.04 Å². The lowest BCUT2D eigenvalue weighted by molar-refractivity contribution is 0.481. The lowest BCUT2D eigenvalue weighted by atomic mass is 10.1. The maximum absolute atomic E-state index is 5.99. The van der Waals surface area contributed by atoms with Gasteiger partial charge in [-0.3, -0.25) is 0 Å². The third kappa shape index (κ3) is 2.10. The summed E-state index contributed by atoms with van der Waals surface area (Å²) in [7, 11) is 0. The van der Waals surface area contributed by atoms with Gasteiger partial charge in [0.25, 0.3) is 0 Å². The fourth-order valence-corrected chi connectivity index (χ4v) is 1.75. The molecule has 2 heteroatoms. The van der Waals surface area contributed by atoms with E-state index < -0.39 is 0 Å². The molecule has 1 atom stereocenters. The molecule has 82 valence electrons. The van der Waals surface area contributed by atoms with E-state index in [4.69, 9.17) is 16.6 Å². The quantitative estimate of drug-likeness (QED) is 0.795. The molecule has 1 unspecified atom stereocenters. The monoisotopic (exact) mass is 213 g/mol. The van der Waals surface area contributed by atoms with Gasteiger partial charge in [0, 0.05) is 11.8 Å². The molecule has 0 fully saturated rings. The molecular formula is C14H15NO. The molecule has 2 nitrogen and oxygen atoms in total. The molecule has 0 bridgehead atoms. The molecule has 16 heavy (non-hydrogen) atoms. The van der Waals surface area contributed by atoms with Gasteiger partial charge in [-0.15, -0.1) is 12.3 Å². The molecule has 2 rings (SSSR count). The van der Waals surface area contributed by atoms with Crippen LogP contribution in [0.4, 0.5) is 0 Å². The normalized spacial score (nSPS) is 12.6. The van der Waals surface area contributed by atoms with Crippen molar-refractivity contribution in [1.29, 1.82) is 0 Å². The van der Waals surface area contributed by atoms with E-state index in [9.17, 15) is 0 Å². The van der Waals surface area contributed by atoms with Crippen molar-refractivity contribution in [3.63, 3.8) is 0 Å². The van der Waals surface area contributed by atoms with Crippen LogP contribution in [0.2, 0.25) is 0 Å². The van der Waals surface area contributed by atoms with E-state index in [0.717, 1.165) is 23.2 Å². The van der Waals surface area contributed by atoms with Crippen molar-refractivity contribution in [1.82, 2.24) is 0 Å². The Bertz CT molecular complexity index is 533. The molecule has 0 aliphatic heterocycles. The predicted octanol–water partition coefficient (Wildman–Crippen LogP) is 3.15. The van der Waals surface area contributed by atoms with Crippen molar-refractivity contribution >= 4 is 11.0 Å². The topological polar surface area (TPSA) is 39.2 Å². The number of furan rings is 1. The SMILES string of the molecule is C#CCCC(N)c1cc2cc(C)ccc2o1. The van der Waals surface area contributed by atoms with E-state index in [-0.39, 0.29) is 6.04 Å². The molecule has 1 heterocycles. The van der Waals surface area contributed by atoms with Crippen LogP contribution in [0.3, 0.4) is 0 Å². The highest BCUT2D eigenvalue weighted by Crippen LogP contribution is 2.25. The minimum atomic E-state index is -0.108. The van der Waals surface area contributed by atoms with Crippen LogP contribution in [0.25, 0.3) is 11.0 Å². The number of terminal acetylenes is 1. The van der Waals surface area contributed by atoms with Crippen LogP contribution in [-0.4, -0.2) is 0 Å². The van der Waals surface area contributed by atoms with Gasteiger partial charge in [0.15, 0.2) is 0 Å². The second kappa shape index (κ2) is 4.42. The Morgan fingerprint density at radius 2 is 2.25 bits per heavy atom. The first kappa shape index (κ1) is 10.8. The second-order valence-electron chi connectivity index (χ2n) is 4.04. The van der Waals surface area contributed by atoms with Gasteiger partial charge >= 0.3 is 0 Å².